The van der Waals surface area contributed by atoms with Crippen molar-refractivity contribution in [3.8, 4) is 0 Å². The molecular weight excluding hydrogens is 166 g/mol. The Morgan fingerprint density at radius 3 is 3.09 bits per heavy atom. The van der Waals surface area contributed by atoms with Crippen molar-refractivity contribution in [2.45, 2.75) is 6.92 Å². The lowest BCUT2D eigenvalue weighted by atomic mass is 10.7. The summed E-state index contributed by atoms with van der Waals surface area (Å²) in [4.78, 5) is 11.0. The van der Waals surface area contributed by atoms with Crippen LogP contribution in [0.3, 0.4) is 0 Å². The molecule has 1 aromatic heterocycles. The molecule has 0 radical (unpaired) electrons. The highest BCUT2D eigenvalue weighted by Gasteiger charge is 2.02. The van der Waals surface area contributed by atoms with Gasteiger partial charge in [-0.3, -0.25) is 0 Å². The number of nitrogens with one attached hydrogen (secondary N) is 1. The van der Waals surface area contributed by atoms with Gasteiger partial charge in [0.25, 0.3) is 0 Å². The summed E-state index contributed by atoms with van der Waals surface area (Å²) in [6, 6.07) is -0.264. The van der Waals surface area contributed by atoms with Crippen LogP contribution in [-0.2, 0) is 0 Å². The summed E-state index contributed by atoms with van der Waals surface area (Å²) in [5, 5.41) is 6.74. The molecule has 0 aliphatic rings. The number of aromatic nitrogens is 2. The third-order valence-corrected chi connectivity index (χ3v) is 1.28. The van der Waals surface area contributed by atoms with Crippen molar-refractivity contribution in [2.24, 2.45) is 0 Å². The number of carbonyl (C=O) groups excluding carboxylic acids is 1. The van der Waals surface area contributed by atoms with E-state index in [9.17, 15) is 4.79 Å². The quantitative estimate of drug-likeness (QED) is 0.692. The van der Waals surface area contributed by atoms with E-state index in [1.165, 1.54) is 12.4 Å². The molecule has 11 heavy (non-hydrogen) atoms. The van der Waals surface area contributed by atoms with E-state index in [-0.39, 0.29) is 6.03 Å². The van der Waals surface area contributed by atoms with Gasteiger partial charge in [0.05, 0.1) is 17.4 Å². The van der Waals surface area contributed by atoms with Crippen LogP contribution >= 0.6 is 11.6 Å². The second-order valence-electron chi connectivity index (χ2n) is 1.94. The third-order valence-electron chi connectivity index (χ3n) is 1.09. The van der Waals surface area contributed by atoms with Crippen LogP contribution in [0, 0.1) is 0 Å². The summed E-state index contributed by atoms with van der Waals surface area (Å²) in [6.07, 6.45) is 2.86. The standard InChI is InChI=1S/C6H8ClN3O/c1-2-8-6(11)10-4-5(7)3-9-10/h3-4H,2H2,1H3,(H,8,11). The topological polar surface area (TPSA) is 46.9 Å². The fourth-order valence-corrected chi connectivity index (χ4v) is 0.780. The Labute approximate surface area is 69.1 Å². The molecule has 1 amide bonds. The van der Waals surface area contributed by atoms with Gasteiger partial charge in [0.2, 0.25) is 0 Å². The smallest absolute Gasteiger partial charge is 0.336 e. The second kappa shape index (κ2) is 3.39. The molecule has 0 bridgehead atoms. The first-order valence-corrected chi connectivity index (χ1v) is 3.60. The van der Waals surface area contributed by atoms with Gasteiger partial charge in [-0.2, -0.15) is 9.78 Å². The first-order valence-electron chi connectivity index (χ1n) is 3.22. The Balaban J connectivity index is 2.69. The molecule has 1 rings (SSSR count). The summed E-state index contributed by atoms with van der Waals surface area (Å²) >= 11 is 5.54. The first kappa shape index (κ1) is 8.07. The minimum atomic E-state index is -0.264. The molecule has 0 atom stereocenters. The summed E-state index contributed by atoms with van der Waals surface area (Å²) in [6.45, 7) is 2.42. The lowest BCUT2D eigenvalue weighted by Gasteiger charge is -1.98. The van der Waals surface area contributed by atoms with Gasteiger partial charge in [-0.25, -0.2) is 4.79 Å². The second-order valence-corrected chi connectivity index (χ2v) is 2.38. The van der Waals surface area contributed by atoms with E-state index in [1.54, 1.807) is 0 Å². The Morgan fingerprint density at radius 2 is 2.64 bits per heavy atom. The summed E-state index contributed by atoms with van der Waals surface area (Å²) in [5.41, 5.74) is 0. The lowest BCUT2D eigenvalue weighted by molar-refractivity contribution is 0.240. The molecule has 0 aliphatic heterocycles. The molecule has 0 saturated carbocycles. The van der Waals surface area contributed by atoms with E-state index in [0.717, 1.165) is 4.68 Å². The maximum absolute atomic E-state index is 11.0. The molecule has 1 N–H and O–H groups in total. The number of rotatable bonds is 1. The van der Waals surface area contributed by atoms with Gasteiger partial charge in [-0.1, -0.05) is 11.6 Å². The van der Waals surface area contributed by atoms with Crippen molar-refractivity contribution in [3.05, 3.63) is 17.4 Å². The molecule has 0 spiro atoms. The number of halogens is 1. The molecule has 1 heterocycles. The molecule has 0 saturated heterocycles. The largest absolute Gasteiger partial charge is 0.342 e. The number of amides is 1. The van der Waals surface area contributed by atoms with Gasteiger partial charge < -0.3 is 5.32 Å². The van der Waals surface area contributed by atoms with Crippen molar-refractivity contribution in [2.75, 3.05) is 6.54 Å². The van der Waals surface area contributed by atoms with Crippen LogP contribution in [-0.4, -0.2) is 22.4 Å². The molecule has 0 aliphatic carbocycles. The van der Waals surface area contributed by atoms with Crippen molar-refractivity contribution in [3.63, 3.8) is 0 Å². The van der Waals surface area contributed by atoms with E-state index in [1.807, 2.05) is 6.92 Å². The highest BCUT2D eigenvalue weighted by atomic mass is 35.5. The summed E-state index contributed by atoms with van der Waals surface area (Å²) < 4.78 is 1.16. The fourth-order valence-electron chi connectivity index (χ4n) is 0.644. The third kappa shape index (κ3) is 1.94. The van der Waals surface area contributed by atoms with Crippen LogP contribution < -0.4 is 5.32 Å². The van der Waals surface area contributed by atoms with E-state index < -0.39 is 0 Å². The Bertz CT molecular complexity index is 258. The van der Waals surface area contributed by atoms with Crippen LogP contribution in [0.15, 0.2) is 12.4 Å². The van der Waals surface area contributed by atoms with Crippen LogP contribution in [0.4, 0.5) is 4.79 Å². The Hall–Kier alpha value is -1.03. The van der Waals surface area contributed by atoms with E-state index in [4.69, 9.17) is 11.6 Å². The average molecular weight is 174 g/mol. The zero-order chi connectivity index (χ0) is 8.27. The molecule has 60 valence electrons. The van der Waals surface area contributed by atoms with Gasteiger partial charge in [0.15, 0.2) is 0 Å². The first-order chi connectivity index (χ1) is 5.24. The monoisotopic (exact) mass is 173 g/mol. The SMILES string of the molecule is CCNC(=O)n1cc(Cl)cn1. The number of hydrogen-bond donors (Lipinski definition) is 1. The van der Waals surface area contributed by atoms with E-state index in [0.29, 0.717) is 11.6 Å². The number of nitrogens with zero attached hydrogens (tertiary/aromatic N) is 2. The van der Waals surface area contributed by atoms with E-state index >= 15 is 0 Å². The zero-order valence-corrected chi connectivity index (χ0v) is 6.80. The molecule has 0 fully saturated rings. The highest BCUT2D eigenvalue weighted by Crippen LogP contribution is 2.03. The molecule has 4 nitrogen and oxygen atoms in total. The molecule has 0 unspecified atom stereocenters. The van der Waals surface area contributed by atoms with Crippen molar-refractivity contribution in [1.29, 1.82) is 0 Å². The molecule has 1 aromatic rings. The minimum absolute atomic E-state index is 0.264. The molecule has 5 heteroatoms. The van der Waals surface area contributed by atoms with Crippen molar-refractivity contribution in [1.82, 2.24) is 15.1 Å². The van der Waals surface area contributed by atoms with Crippen LogP contribution in [0.25, 0.3) is 0 Å². The van der Waals surface area contributed by atoms with Gasteiger partial charge in [0, 0.05) is 6.54 Å². The molecular formula is C6H8ClN3O. The van der Waals surface area contributed by atoms with Crippen LogP contribution in [0.2, 0.25) is 5.02 Å². The van der Waals surface area contributed by atoms with Crippen LogP contribution in [0.1, 0.15) is 6.92 Å². The summed E-state index contributed by atoms with van der Waals surface area (Å²) in [5.74, 6) is 0. The maximum Gasteiger partial charge on any atom is 0.342 e. The van der Waals surface area contributed by atoms with Gasteiger partial charge >= 0.3 is 6.03 Å². The van der Waals surface area contributed by atoms with E-state index in [2.05, 4.69) is 10.4 Å². The minimum Gasteiger partial charge on any atom is -0.336 e. The van der Waals surface area contributed by atoms with Gasteiger partial charge in [-0.15, -0.1) is 0 Å². The molecule has 0 aromatic carbocycles. The predicted octanol–water partition coefficient (Wildman–Crippen LogP) is 1.11. The van der Waals surface area contributed by atoms with Gasteiger partial charge in [0.1, 0.15) is 0 Å². The normalized spacial score (nSPS) is 9.64. The number of hydrogen-bond acceptors (Lipinski definition) is 2. The zero-order valence-electron chi connectivity index (χ0n) is 6.04. The number of carbonyl (C=O) groups is 1. The predicted molar refractivity (Wildman–Crippen MR) is 41.7 cm³/mol. The Morgan fingerprint density at radius 1 is 1.91 bits per heavy atom. The fraction of sp³-hybridized carbons (Fsp3) is 0.333. The average Bonchev–Trinajstić information content (AvgIpc) is 2.36. The highest BCUT2D eigenvalue weighted by molar-refractivity contribution is 6.30. The maximum atomic E-state index is 11.0. The summed E-state index contributed by atoms with van der Waals surface area (Å²) in [7, 11) is 0. The van der Waals surface area contributed by atoms with Crippen molar-refractivity contribution < 1.29 is 4.79 Å². The Kier molecular flexibility index (Phi) is 2.48. The lowest BCUT2D eigenvalue weighted by Crippen LogP contribution is -2.28. The van der Waals surface area contributed by atoms with Gasteiger partial charge in [-0.05, 0) is 6.92 Å². The van der Waals surface area contributed by atoms with Crippen LogP contribution in [0.5, 0.6) is 0 Å². The van der Waals surface area contributed by atoms with Crippen molar-refractivity contribution >= 4 is 17.6 Å².